The molecule has 0 saturated carbocycles. The van der Waals surface area contributed by atoms with Gasteiger partial charge in [0, 0.05) is 17.5 Å². The van der Waals surface area contributed by atoms with Crippen LogP contribution in [0.3, 0.4) is 0 Å². The second kappa shape index (κ2) is 8.70. The molecule has 1 aromatic carbocycles. The Balaban J connectivity index is 2.14. The first-order valence-corrected chi connectivity index (χ1v) is 8.97. The zero-order chi connectivity index (χ0) is 20.1. The van der Waals surface area contributed by atoms with Crippen LogP contribution in [0.15, 0.2) is 33.5 Å². The first-order valence-electron chi connectivity index (χ1n) is 8.97. The highest BCUT2D eigenvalue weighted by Crippen LogP contribution is 2.23. The number of rotatable bonds is 8. The van der Waals surface area contributed by atoms with E-state index in [4.69, 9.17) is 9.15 Å². The van der Waals surface area contributed by atoms with Crippen molar-refractivity contribution in [3.63, 3.8) is 0 Å². The summed E-state index contributed by atoms with van der Waals surface area (Å²) in [6.45, 7) is 7.25. The van der Waals surface area contributed by atoms with E-state index in [1.165, 1.54) is 13.0 Å². The number of hydrogen-bond acceptors (Lipinski definition) is 5. The maximum absolute atomic E-state index is 12.3. The fourth-order valence-electron chi connectivity index (χ4n) is 2.82. The van der Waals surface area contributed by atoms with E-state index < -0.39 is 29.6 Å². The van der Waals surface area contributed by atoms with Crippen LogP contribution in [0.5, 0.6) is 5.75 Å². The monoisotopic (exact) mass is 375 g/mol. The highest BCUT2D eigenvalue weighted by molar-refractivity contribution is 5.86. The van der Waals surface area contributed by atoms with Gasteiger partial charge in [0.15, 0.2) is 6.10 Å². The molecule has 1 unspecified atom stereocenters. The van der Waals surface area contributed by atoms with Gasteiger partial charge >= 0.3 is 11.6 Å². The third-order valence-corrected chi connectivity index (χ3v) is 4.19. The number of benzene rings is 1. The van der Waals surface area contributed by atoms with E-state index in [0.29, 0.717) is 24.2 Å². The number of fused-ring (bicyclic) bond motifs is 1. The molecular formula is C20H25NO6. The Bertz CT molecular complexity index is 886. The van der Waals surface area contributed by atoms with E-state index in [1.54, 1.807) is 18.2 Å². The molecule has 0 saturated heterocycles. The van der Waals surface area contributed by atoms with Crippen LogP contribution in [-0.4, -0.2) is 29.1 Å². The molecular weight excluding hydrogens is 350 g/mol. The van der Waals surface area contributed by atoms with Gasteiger partial charge in [-0.1, -0.05) is 20.8 Å². The number of carboxylic acid groups (broad SMARTS) is 1. The highest BCUT2D eigenvalue weighted by atomic mass is 16.5. The van der Waals surface area contributed by atoms with E-state index >= 15 is 0 Å². The second-order valence-corrected chi connectivity index (χ2v) is 6.89. The largest absolute Gasteiger partial charge is 0.481 e. The van der Waals surface area contributed by atoms with Gasteiger partial charge in [0.2, 0.25) is 0 Å². The molecule has 2 N–H and O–H groups in total. The van der Waals surface area contributed by atoms with Crippen LogP contribution in [0.4, 0.5) is 0 Å². The van der Waals surface area contributed by atoms with Crippen LogP contribution in [0.25, 0.3) is 11.0 Å². The lowest BCUT2D eigenvalue weighted by atomic mass is 10.0. The molecule has 7 nitrogen and oxygen atoms in total. The summed E-state index contributed by atoms with van der Waals surface area (Å²) in [6, 6.07) is 5.51. The lowest BCUT2D eigenvalue weighted by Crippen LogP contribution is -2.46. The molecule has 0 aliphatic carbocycles. The number of nitrogens with one attached hydrogen (secondary N) is 1. The molecule has 2 atom stereocenters. The molecule has 1 heterocycles. The van der Waals surface area contributed by atoms with E-state index in [0.717, 1.165) is 10.9 Å². The average Bonchev–Trinajstić information content (AvgIpc) is 2.59. The number of carbonyl (C=O) groups excluding carboxylic acids is 1. The quantitative estimate of drug-likeness (QED) is 0.687. The Labute approximate surface area is 157 Å². The van der Waals surface area contributed by atoms with Gasteiger partial charge in [0.1, 0.15) is 17.4 Å². The maximum Gasteiger partial charge on any atom is 0.336 e. The topological polar surface area (TPSA) is 106 Å². The zero-order valence-corrected chi connectivity index (χ0v) is 15.9. The summed E-state index contributed by atoms with van der Waals surface area (Å²) in [5, 5.41) is 12.5. The van der Waals surface area contributed by atoms with Crippen molar-refractivity contribution >= 4 is 22.8 Å². The Morgan fingerprint density at radius 1 is 1.22 bits per heavy atom. The van der Waals surface area contributed by atoms with Crippen LogP contribution in [0, 0.1) is 5.92 Å². The second-order valence-electron chi connectivity index (χ2n) is 6.89. The predicted octanol–water partition coefficient (Wildman–Crippen LogP) is 2.74. The van der Waals surface area contributed by atoms with E-state index in [1.807, 2.05) is 20.8 Å². The van der Waals surface area contributed by atoms with Gasteiger partial charge in [0.25, 0.3) is 5.91 Å². The summed E-state index contributed by atoms with van der Waals surface area (Å²) < 4.78 is 10.8. The molecule has 7 heteroatoms. The van der Waals surface area contributed by atoms with Crippen LogP contribution in [0.2, 0.25) is 0 Å². The molecule has 1 aromatic heterocycles. The van der Waals surface area contributed by atoms with Crippen LogP contribution < -0.4 is 15.7 Å². The number of amides is 1. The normalized spacial score (nSPS) is 13.4. The maximum atomic E-state index is 12.3. The molecule has 2 rings (SSSR count). The molecule has 0 radical (unpaired) electrons. The van der Waals surface area contributed by atoms with Crippen molar-refractivity contribution in [3.8, 4) is 5.75 Å². The van der Waals surface area contributed by atoms with Gasteiger partial charge in [0.05, 0.1) is 0 Å². The Hall–Kier alpha value is -2.83. The minimum absolute atomic E-state index is 0.124. The Morgan fingerprint density at radius 3 is 2.52 bits per heavy atom. The Kier molecular flexibility index (Phi) is 6.60. The third kappa shape index (κ3) is 5.32. The first-order chi connectivity index (χ1) is 12.7. The van der Waals surface area contributed by atoms with Crippen molar-refractivity contribution in [1.82, 2.24) is 5.32 Å². The molecule has 0 spiro atoms. The molecule has 0 bridgehead atoms. The van der Waals surface area contributed by atoms with Crippen molar-refractivity contribution in [3.05, 3.63) is 40.2 Å². The van der Waals surface area contributed by atoms with Crippen molar-refractivity contribution in [2.75, 3.05) is 0 Å². The van der Waals surface area contributed by atoms with E-state index in [-0.39, 0.29) is 5.92 Å². The fraction of sp³-hybridized carbons (Fsp3) is 0.450. The van der Waals surface area contributed by atoms with Gasteiger partial charge in [-0.05, 0) is 43.4 Å². The molecule has 1 amide bonds. The zero-order valence-electron chi connectivity index (χ0n) is 15.9. The van der Waals surface area contributed by atoms with Gasteiger partial charge in [-0.2, -0.15) is 0 Å². The predicted molar refractivity (Wildman–Crippen MR) is 101 cm³/mol. The molecule has 27 heavy (non-hydrogen) atoms. The van der Waals surface area contributed by atoms with Gasteiger partial charge < -0.3 is 19.6 Å². The molecule has 0 aliphatic rings. The van der Waals surface area contributed by atoms with Crippen molar-refractivity contribution in [1.29, 1.82) is 0 Å². The summed E-state index contributed by atoms with van der Waals surface area (Å²) in [5.74, 6) is -1.12. The Morgan fingerprint density at radius 2 is 1.93 bits per heavy atom. The number of ether oxygens (including phenoxy) is 1. The summed E-state index contributed by atoms with van der Waals surface area (Å²) in [7, 11) is 0. The van der Waals surface area contributed by atoms with Gasteiger partial charge in [-0.15, -0.1) is 0 Å². The third-order valence-electron chi connectivity index (χ3n) is 4.19. The lowest BCUT2D eigenvalue weighted by molar-refractivity contribution is -0.143. The molecule has 146 valence electrons. The SMILES string of the molecule is CCc1cc(=O)oc2cc(OC(C)C(=O)N[C@@H](CC(C)C)C(=O)O)ccc12. The molecule has 2 aromatic rings. The standard InChI is InChI=1S/C20H25NO6/c1-5-13-9-18(22)27-17-10-14(6-7-15(13)17)26-12(4)19(23)21-16(20(24)25)8-11(2)3/h6-7,9-12,16H,5,8H2,1-4H3,(H,21,23)(H,24,25)/t12?,16-/m0/s1. The average molecular weight is 375 g/mol. The van der Waals surface area contributed by atoms with Crippen LogP contribution in [-0.2, 0) is 16.0 Å². The van der Waals surface area contributed by atoms with Crippen molar-refractivity contribution in [2.45, 2.75) is 52.7 Å². The summed E-state index contributed by atoms with van der Waals surface area (Å²) in [4.78, 5) is 35.2. The number of carbonyl (C=O) groups is 2. The fourth-order valence-corrected chi connectivity index (χ4v) is 2.82. The minimum atomic E-state index is -1.08. The first kappa shape index (κ1) is 20.5. The van der Waals surface area contributed by atoms with E-state index in [2.05, 4.69) is 5.32 Å². The number of aliphatic carboxylic acids is 1. The van der Waals surface area contributed by atoms with Crippen LogP contribution >= 0.6 is 0 Å². The molecule has 0 fully saturated rings. The van der Waals surface area contributed by atoms with Crippen molar-refractivity contribution < 1.29 is 23.8 Å². The summed E-state index contributed by atoms with van der Waals surface area (Å²) in [6.07, 6.45) is 0.111. The molecule has 0 aliphatic heterocycles. The number of aryl methyl sites for hydroxylation is 1. The highest BCUT2D eigenvalue weighted by Gasteiger charge is 2.24. The smallest absolute Gasteiger partial charge is 0.336 e. The van der Waals surface area contributed by atoms with Crippen LogP contribution in [0.1, 0.15) is 39.7 Å². The minimum Gasteiger partial charge on any atom is -0.481 e. The van der Waals surface area contributed by atoms with E-state index in [9.17, 15) is 19.5 Å². The van der Waals surface area contributed by atoms with Gasteiger partial charge in [-0.3, -0.25) is 4.79 Å². The lowest BCUT2D eigenvalue weighted by Gasteiger charge is -2.20. The number of carboxylic acids is 1. The summed E-state index contributed by atoms with van der Waals surface area (Å²) >= 11 is 0. The van der Waals surface area contributed by atoms with Gasteiger partial charge in [-0.25, -0.2) is 9.59 Å². The van der Waals surface area contributed by atoms with Crippen molar-refractivity contribution in [2.24, 2.45) is 5.92 Å². The summed E-state index contributed by atoms with van der Waals surface area (Å²) in [5.41, 5.74) is 0.810. The number of hydrogen-bond donors (Lipinski definition) is 2.